The first-order valence-electron chi connectivity index (χ1n) is 8.81. The number of nitroso groups, excluding NO2 is 1. The van der Waals surface area contributed by atoms with Gasteiger partial charge in [-0.3, -0.25) is 0 Å². The maximum atomic E-state index is 10.7. The van der Waals surface area contributed by atoms with Gasteiger partial charge in [-0.05, 0) is 37.3 Å². The first-order chi connectivity index (χ1) is 10.3. The Morgan fingerprint density at radius 1 is 0.810 bits per heavy atom. The van der Waals surface area contributed by atoms with E-state index >= 15 is 0 Å². The molecule has 0 saturated carbocycles. The fourth-order valence-electron chi connectivity index (χ4n) is 2.44. The Kier molecular flexibility index (Phi) is 16.3. The number of carbonyl (C=O) groups excluding carboxylic acids is 1. The van der Waals surface area contributed by atoms with Gasteiger partial charge in [0.15, 0.2) is 0 Å². The minimum atomic E-state index is 0.706. The van der Waals surface area contributed by atoms with Crippen LogP contribution in [0.15, 0.2) is 16.9 Å². The standard InChI is InChI=1S/C18H33NO2/c1-2-3-4-9-12-15-18(19-21)16-13-10-7-5-6-8-11-14-17-20/h15,17H,2-14,16H2,1H3/b18-15+. The van der Waals surface area contributed by atoms with Gasteiger partial charge in [-0.15, -0.1) is 4.91 Å². The molecule has 3 heteroatoms. The van der Waals surface area contributed by atoms with E-state index in [0.717, 1.165) is 44.1 Å². The van der Waals surface area contributed by atoms with Crippen molar-refractivity contribution >= 4 is 6.29 Å². The highest BCUT2D eigenvalue weighted by molar-refractivity contribution is 5.48. The van der Waals surface area contributed by atoms with Crippen LogP contribution in [0.5, 0.6) is 0 Å². The Balaban J connectivity index is 3.43. The highest BCUT2D eigenvalue weighted by Gasteiger charge is 1.98. The Labute approximate surface area is 130 Å². The molecular formula is C18H33NO2. The molecule has 0 atom stereocenters. The maximum absolute atomic E-state index is 10.7. The highest BCUT2D eigenvalue weighted by atomic mass is 16.3. The van der Waals surface area contributed by atoms with E-state index in [1.807, 2.05) is 6.08 Å². The molecule has 0 fully saturated rings. The summed E-state index contributed by atoms with van der Waals surface area (Å²) >= 11 is 0. The van der Waals surface area contributed by atoms with Crippen LogP contribution < -0.4 is 0 Å². The summed E-state index contributed by atoms with van der Waals surface area (Å²) in [6.45, 7) is 2.20. The molecule has 0 aromatic heterocycles. The molecular weight excluding hydrogens is 262 g/mol. The molecule has 0 unspecified atom stereocenters. The predicted octanol–water partition coefficient (Wildman–Crippen LogP) is 6.32. The Morgan fingerprint density at radius 3 is 2.00 bits per heavy atom. The van der Waals surface area contributed by atoms with E-state index in [1.165, 1.54) is 51.4 Å². The summed E-state index contributed by atoms with van der Waals surface area (Å²) in [7, 11) is 0. The molecule has 0 aromatic rings. The molecule has 0 aliphatic carbocycles. The molecule has 122 valence electrons. The third-order valence-electron chi connectivity index (χ3n) is 3.81. The van der Waals surface area contributed by atoms with Crippen LogP contribution in [0, 0.1) is 4.91 Å². The first-order valence-corrected chi connectivity index (χ1v) is 8.81. The van der Waals surface area contributed by atoms with Gasteiger partial charge in [0.1, 0.15) is 6.29 Å². The number of hydrogen-bond acceptors (Lipinski definition) is 3. The van der Waals surface area contributed by atoms with Crippen molar-refractivity contribution in [3.8, 4) is 0 Å². The van der Waals surface area contributed by atoms with Crippen LogP contribution in [-0.2, 0) is 4.79 Å². The SMILES string of the molecule is CCCCCC/C=C(\CCCCCCCCCC=O)N=O. The van der Waals surface area contributed by atoms with E-state index < -0.39 is 0 Å². The van der Waals surface area contributed by atoms with Gasteiger partial charge >= 0.3 is 0 Å². The van der Waals surface area contributed by atoms with E-state index in [9.17, 15) is 9.70 Å². The highest BCUT2D eigenvalue weighted by Crippen LogP contribution is 2.15. The summed E-state index contributed by atoms with van der Waals surface area (Å²) in [5, 5.41) is 3.15. The molecule has 0 spiro atoms. The quantitative estimate of drug-likeness (QED) is 0.190. The second-order valence-electron chi connectivity index (χ2n) is 5.82. The van der Waals surface area contributed by atoms with Gasteiger partial charge in [0.25, 0.3) is 0 Å². The van der Waals surface area contributed by atoms with Gasteiger partial charge in [-0.2, -0.15) is 0 Å². The van der Waals surface area contributed by atoms with Crippen LogP contribution in [0.1, 0.15) is 96.8 Å². The number of allylic oxidation sites excluding steroid dienone is 2. The van der Waals surface area contributed by atoms with Crippen LogP contribution >= 0.6 is 0 Å². The van der Waals surface area contributed by atoms with E-state index in [4.69, 9.17) is 0 Å². The molecule has 0 rings (SSSR count). The molecule has 0 radical (unpaired) electrons. The van der Waals surface area contributed by atoms with Gasteiger partial charge in [0.2, 0.25) is 0 Å². The lowest BCUT2D eigenvalue weighted by Crippen LogP contribution is -1.84. The van der Waals surface area contributed by atoms with E-state index in [1.54, 1.807) is 0 Å². The largest absolute Gasteiger partial charge is 0.303 e. The van der Waals surface area contributed by atoms with Crippen molar-refractivity contribution in [1.82, 2.24) is 0 Å². The van der Waals surface area contributed by atoms with Crippen LogP contribution in [0.3, 0.4) is 0 Å². The average Bonchev–Trinajstić information content (AvgIpc) is 2.51. The number of rotatable bonds is 16. The van der Waals surface area contributed by atoms with Crippen molar-refractivity contribution in [1.29, 1.82) is 0 Å². The van der Waals surface area contributed by atoms with Crippen LogP contribution in [0.2, 0.25) is 0 Å². The van der Waals surface area contributed by atoms with Crippen molar-refractivity contribution < 1.29 is 4.79 Å². The summed E-state index contributed by atoms with van der Waals surface area (Å²) in [5.41, 5.74) is 0.748. The molecule has 3 nitrogen and oxygen atoms in total. The van der Waals surface area contributed by atoms with E-state index in [-0.39, 0.29) is 0 Å². The number of unbranched alkanes of at least 4 members (excludes halogenated alkanes) is 11. The molecule has 21 heavy (non-hydrogen) atoms. The summed E-state index contributed by atoms with van der Waals surface area (Å²) in [6.07, 6.45) is 18.7. The molecule has 0 aliphatic rings. The summed E-state index contributed by atoms with van der Waals surface area (Å²) in [4.78, 5) is 20.9. The lowest BCUT2D eigenvalue weighted by molar-refractivity contribution is -0.107. The fourth-order valence-corrected chi connectivity index (χ4v) is 2.44. The Bertz CT molecular complexity index is 274. The zero-order valence-corrected chi connectivity index (χ0v) is 13.8. The van der Waals surface area contributed by atoms with Gasteiger partial charge in [-0.1, -0.05) is 64.4 Å². The molecule has 0 saturated heterocycles. The number of nitrogens with zero attached hydrogens (tertiary/aromatic N) is 1. The maximum Gasteiger partial charge on any atom is 0.119 e. The van der Waals surface area contributed by atoms with Crippen molar-refractivity contribution in [3.63, 3.8) is 0 Å². The van der Waals surface area contributed by atoms with Crippen LogP contribution in [-0.4, -0.2) is 6.29 Å². The second-order valence-corrected chi connectivity index (χ2v) is 5.82. The smallest absolute Gasteiger partial charge is 0.119 e. The number of carbonyl (C=O) groups is 1. The number of hydrogen-bond donors (Lipinski definition) is 0. The summed E-state index contributed by atoms with van der Waals surface area (Å²) < 4.78 is 0. The van der Waals surface area contributed by atoms with E-state index in [2.05, 4.69) is 12.1 Å². The van der Waals surface area contributed by atoms with Crippen LogP contribution in [0.25, 0.3) is 0 Å². The molecule has 0 amide bonds. The predicted molar refractivity (Wildman–Crippen MR) is 90.3 cm³/mol. The van der Waals surface area contributed by atoms with Crippen molar-refractivity contribution in [2.75, 3.05) is 0 Å². The van der Waals surface area contributed by atoms with E-state index in [0.29, 0.717) is 6.42 Å². The minimum absolute atomic E-state index is 0.706. The van der Waals surface area contributed by atoms with Gasteiger partial charge < -0.3 is 4.79 Å². The van der Waals surface area contributed by atoms with Crippen molar-refractivity contribution in [3.05, 3.63) is 16.7 Å². The average molecular weight is 295 g/mol. The Morgan fingerprint density at radius 2 is 1.38 bits per heavy atom. The second kappa shape index (κ2) is 17.1. The third kappa shape index (κ3) is 15.2. The number of aldehydes is 1. The van der Waals surface area contributed by atoms with Gasteiger partial charge in [-0.25, -0.2) is 0 Å². The lowest BCUT2D eigenvalue weighted by Gasteiger charge is -2.02. The normalized spacial score (nSPS) is 11.6. The zero-order chi connectivity index (χ0) is 15.6. The van der Waals surface area contributed by atoms with Gasteiger partial charge in [0, 0.05) is 6.42 Å². The van der Waals surface area contributed by atoms with Crippen molar-refractivity contribution in [2.24, 2.45) is 5.18 Å². The molecule has 0 aromatic carbocycles. The molecule has 0 bridgehead atoms. The summed E-state index contributed by atoms with van der Waals surface area (Å²) in [5.74, 6) is 0. The topological polar surface area (TPSA) is 46.5 Å². The van der Waals surface area contributed by atoms with Gasteiger partial charge in [0.05, 0.1) is 5.70 Å². The first kappa shape index (κ1) is 20.0. The molecule has 0 heterocycles. The Hall–Kier alpha value is -0.990. The van der Waals surface area contributed by atoms with Crippen LogP contribution in [0.4, 0.5) is 0 Å². The third-order valence-corrected chi connectivity index (χ3v) is 3.81. The monoisotopic (exact) mass is 295 g/mol. The summed E-state index contributed by atoms with van der Waals surface area (Å²) in [6, 6.07) is 0. The molecule has 0 N–H and O–H groups in total. The zero-order valence-electron chi connectivity index (χ0n) is 13.8. The fraction of sp³-hybridized carbons (Fsp3) is 0.833. The minimum Gasteiger partial charge on any atom is -0.303 e. The molecule has 0 aliphatic heterocycles. The lowest BCUT2D eigenvalue weighted by atomic mass is 10.1. The van der Waals surface area contributed by atoms with Crippen molar-refractivity contribution in [2.45, 2.75) is 96.8 Å².